The van der Waals surface area contributed by atoms with Crippen molar-refractivity contribution < 1.29 is 9.90 Å². The van der Waals surface area contributed by atoms with Gasteiger partial charge in [0, 0.05) is 37.3 Å². The molecule has 176 valence electrons. The summed E-state index contributed by atoms with van der Waals surface area (Å²) in [6, 6.07) is 16.5. The van der Waals surface area contributed by atoms with Crippen LogP contribution in [0.25, 0.3) is 33.2 Å². The number of aromatic nitrogens is 4. The third-order valence-corrected chi connectivity index (χ3v) is 6.32. The predicted molar refractivity (Wildman–Crippen MR) is 137 cm³/mol. The number of aromatic carboxylic acids is 1. The van der Waals surface area contributed by atoms with Crippen LogP contribution in [-0.4, -0.2) is 30.4 Å². The van der Waals surface area contributed by atoms with E-state index in [2.05, 4.69) is 10.4 Å². The first-order valence-electron chi connectivity index (χ1n) is 11.2. The van der Waals surface area contributed by atoms with Gasteiger partial charge in [0.25, 0.3) is 5.56 Å². The highest BCUT2D eigenvalue weighted by Crippen LogP contribution is 2.27. The van der Waals surface area contributed by atoms with Gasteiger partial charge in [0.15, 0.2) is 0 Å². The number of fused-ring (bicyclic) bond motifs is 2. The highest BCUT2D eigenvalue weighted by molar-refractivity contribution is 5.94. The Balaban J connectivity index is 1.65. The Morgan fingerprint density at radius 2 is 1.80 bits per heavy atom. The summed E-state index contributed by atoms with van der Waals surface area (Å²) in [5.74, 6) is -0.443. The summed E-state index contributed by atoms with van der Waals surface area (Å²) in [5.41, 5.74) is 5.65. The second-order valence-electron chi connectivity index (χ2n) is 8.77. The van der Waals surface area contributed by atoms with E-state index in [1.807, 2.05) is 55.9 Å². The Labute approximate surface area is 201 Å². The number of benzene rings is 3. The van der Waals surface area contributed by atoms with Gasteiger partial charge in [0.1, 0.15) is 5.82 Å². The van der Waals surface area contributed by atoms with Gasteiger partial charge in [-0.25, -0.2) is 9.78 Å². The summed E-state index contributed by atoms with van der Waals surface area (Å²) in [7, 11) is 3.64. The second kappa shape index (κ2) is 8.39. The zero-order valence-corrected chi connectivity index (χ0v) is 20.0. The van der Waals surface area contributed by atoms with Gasteiger partial charge < -0.3 is 10.4 Å². The van der Waals surface area contributed by atoms with Crippen LogP contribution in [0.2, 0.25) is 0 Å². The Bertz CT molecular complexity index is 1700. The fourth-order valence-electron chi connectivity index (χ4n) is 4.59. The van der Waals surface area contributed by atoms with Crippen molar-refractivity contribution in [2.45, 2.75) is 20.4 Å². The molecule has 8 nitrogen and oxygen atoms in total. The Hall–Kier alpha value is -4.46. The van der Waals surface area contributed by atoms with E-state index in [0.717, 1.165) is 33.3 Å². The third kappa shape index (κ3) is 3.82. The fraction of sp³-hybridized carbons (Fsp3) is 0.185. The van der Waals surface area contributed by atoms with Gasteiger partial charge in [-0.05, 0) is 61.4 Å². The van der Waals surface area contributed by atoms with E-state index >= 15 is 0 Å². The SMILES string of the molecule is Cc1cc(CNc2ccccc2C(=O)O)c2nc(-c3ccc4c(c3)c(C)nn4C)n(C)c(=O)c2c1. The molecule has 5 aromatic rings. The van der Waals surface area contributed by atoms with Crippen molar-refractivity contribution in [3.05, 3.63) is 87.3 Å². The molecule has 35 heavy (non-hydrogen) atoms. The molecule has 0 aliphatic heterocycles. The lowest BCUT2D eigenvalue weighted by molar-refractivity contribution is 0.0698. The number of carboxylic acid groups (broad SMARTS) is 1. The average Bonchev–Trinajstić information content (AvgIpc) is 3.13. The summed E-state index contributed by atoms with van der Waals surface area (Å²) in [5, 5.41) is 18.7. The smallest absolute Gasteiger partial charge is 0.337 e. The standard InChI is InChI=1S/C27H25N5O3/c1-15-11-18(14-28-22-8-6-5-7-19(22)27(34)35)24-21(12-15)26(33)31(3)25(29-24)17-9-10-23-20(13-17)16(2)30-32(23)4/h5-13,28H,14H2,1-4H3,(H,34,35). The van der Waals surface area contributed by atoms with Gasteiger partial charge in [-0.3, -0.25) is 14.0 Å². The summed E-state index contributed by atoms with van der Waals surface area (Å²) in [6.07, 6.45) is 0. The first-order valence-corrected chi connectivity index (χ1v) is 11.2. The second-order valence-corrected chi connectivity index (χ2v) is 8.77. The van der Waals surface area contributed by atoms with E-state index in [1.54, 1.807) is 35.9 Å². The van der Waals surface area contributed by atoms with Gasteiger partial charge in [0.05, 0.1) is 27.7 Å². The molecule has 0 bridgehead atoms. The number of carboxylic acids is 1. The van der Waals surface area contributed by atoms with Crippen molar-refractivity contribution in [1.29, 1.82) is 0 Å². The molecule has 0 spiro atoms. The molecule has 0 aliphatic rings. The minimum atomic E-state index is -1.00. The number of carbonyl (C=O) groups is 1. The number of nitrogens with zero attached hydrogens (tertiary/aromatic N) is 4. The highest BCUT2D eigenvalue weighted by atomic mass is 16.4. The molecule has 0 amide bonds. The third-order valence-electron chi connectivity index (χ3n) is 6.32. The zero-order chi connectivity index (χ0) is 24.9. The van der Waals surface area contributed by atoms with Crippen LogP contribution < -0.4 is 10.9 Å². The molecule has 0 saturated heterocycles. The molecule has 5 rings (SSSR count). The molecular weight excluding hydrogens is 442 g/mol. The maximum absolute atomic E-state index is 13.4. The maximum Gasteiger partial charge on any atom is 0.337 e. The number of rotatable bonds is 5. The average molecular weight is 468 g/mol. The van der Waals surface area contributed by atoms with Gasteiger partial charge in [-0.1, -0.05) is 18.2 Å². The number of anilines is 1. The van der Waals surface area contributed by atoms with Crippen molar-refractivity contribution in [2.75, 3.05) is 5.32 Å². The van der Waals surface area contributed by atoms with Crippen molar-refractivity contribution in [1.82, 2.24) is 19.3 Å². The molecule has 0 unspecified atom stereocenters. The van der Waals surface area contributed by atoms with E-state index in [4.69, 9.17) is 4.98 Å². The largest absolute Gasteiger partial charge is 0.478 e. The lowest BCUT2D eigenvalue weighted by atomic mass is 10.0. The minimum absolute atomic E-state index is 0.135. The summed E-state index contributed by atoms with van der Waals surface area (Å²) in [6.45, 7) is 4.21. The van der Waals surface area contributed by atoms with Crippen molar-refractivity contribution in [2.24, 2.45) is 14.1 Å². The van der Waals surface area contributed by atoms with Crippen LogP contribution in [0.5, 0.6) is 0 Å². The fourth-order valence-corrected chi connectivity index (χ4v) is 4.59. The topological polar surface area (TPSA) is 102 Å². The number of hydrogen-bond donors (Lipinski definition) is 2. The lowest BCUT2D eigenvalue weighted by Gasteiger charge is -2.15. The first kappa shape index (κ1) is 22.3. The van der Waals surface area contributed by atoms with Crippen LogP contribution in [-0.2, 0) is 20.6 Å². The van der Waals surface area contributed by atoms with Crippen LogP contribution in [0.4, 0.5) is 5.69 Å². The number of para-hydroxylation sites is 1. The summed E-state index contributed by atoms with van der Waals surface area (Å²) >= 11 is 0. The molecule has 0 atom stereocenters. The molecule has 0 fully saturated rings. The maximum atomic E-state index is 13.4. The lowest BCUT2D eigenvalue weighted by Crippen LogP contribution is -2.21. The molecule has 0 aliphatic carbocycles. The number of hydrogen-bond acceptors (Lipinski definition) is 5. The Morgan fingerprint density at radius 3 is 2.57 bits per heavy atom. The normalized spacial score (nSPS) is 11.3. The summed E-state index contributed by atoms with van der Waals surface area (Å²) in [4.78, 5) is 29.9. The van der Waals surface area contributed by atoms with E-state index in [-0.39, 0.29) is 11.1 Å². The first-order chi connectivity index (χ1) is 16.7. The van der Waals surface area contributed by atoms with Crippen molar-refractivity contribution in [3.63, 3.8) is 0 Å². The van der Waals surface area contributed by atoms with Gasteiger partial charge in [-0.2, -0.15) is 5.10 Å². The van der Waals surface area contributed by atoms with Crippen LogP contribution in [0.1, 0.15) is 27.2 Å². The van der Waals surface area contributed by atoms with E-state index in [0.29, 0.717) is 29.0 Å². The van der Waals surface area contributed by atoms with Gasteiger partial charge >= 0.3 is 5.97 Å². The van der Waals surface area contributed by atoms with Crippen LogP contribution in [0, 0.1) is 13.8 Å². The van der Waals surface area contributed by atoms with Crippen LogP contribution in [0.15, 0.2) is 59.4 Å². The number of aryl methyl sites for hydroxylation is 3. The Kier molecular flexibility index (Phi) is 5.36. The van der Waals surface area contributed by atoms with Crippen molar-refractivity contribution in [3.8, 4) is 11.4 Å². The molecule has 2 N–H and O–H groups in total. The quantitative estimate of drug-likeness (QED) is 0.397. The van der Waals surface area contributed by atoms with Gasteiger partial charge in [-0.15, -0.1) is 0 Å². The molecule has 2 heterocycles. The van der Waals surface area contributed by atoms with E-state index in [9.17, 15) is 14.7 Å². The van der Waals surface area contributed by atoms with Crippen LogP contribution in [0.3, 0.4) is 0 Å². The molecule has 8 heteroatoms. The minimum Gasteiger partial charge on any atom is -0.478 e. The molecular formula is C27H25N5O3. The molecule has 0 radical (unpaired) electrons. The Morgan fingerprint density at radius 1 is 1.03 bits per heavy atom. The predicted octanol–water partition coefficient (Wildman–Crippen LogP) is 4.41. The van der Waals surface area contributed by atoms with Gasteiger partial charge in [0.2, 0.25) is 0 Å². The van der Waals surface area contributed by atoms with Crippen LogP contribution >= 0.6 is 0 Å². The summed E-state index contributed by atoms with van der Waals surface area (Å²) < 4.78 is 3.41. The monoisotopic (exact) mass is 467 g/mol. The van der Waals surface area contributed by atoms with E-state index in [1.165, 1.54) is 0 Å². The van der Waals surface area contributed by atoms with E-state index < -0.39 is 5.97 Å². The number of nitrogens with one attached hydrogen (secondary N) is 1. The zero-order valence-electron chi connectivity index (χ0n) is 20.0. The van der Waals surface area contributed by atoms with Crippen molar-refractivity contribution >= 4 is 33.5 Å². The highest BCUT2D eigenvalue weighted by Gasteiger charge is 2.16. The molecule has 3 aromatic carbocycles. The molecule has 0 saturated carbocycles. The molecule has 2 aromatic heterocycles.